The fourth-order valence-corrected chi connectivity index (χ4v) is 4.17. The number of nitrogens with one attached hydrogen (secondary N) is 3. The van der Waals surface area contributed by atoms with Gasteiger partial charge in [0, 0.05) is 32.7 Å². The molecule has 1 aromatic carbocycles. The Labute approximate surface area is 176 Å². The smallest absolute Gasteiger partial charge is 0.191 e. The number of rotatable bonds is 7. The van der Waals surface area contributed by atoms with Crippen LogP contribution in [-0.2, 0) is 0 Å². The van der Waals surface area contributed by atoms with E-state index in [0.29, 0.717) is 6.04 Å². The van der Waals surface area contributed by atoms with Gasteiger partial charge in [-0.05, 0) is 38.1 Å². The Morgan fingerprint density at radius 1 is 1.31 bits per heavy atom. The summed E-state index contributed by atoms with van der Waals surface area (Å²) in [5.41, 5.74) is 1.05. The summed E-state index contributed by atoms with van der Waals surface area (Å²) in [7, 11) is 1.82. The number of benzene rings is 1. The van der Waals surface area contributed by atoms with Gasteiger partial charge in [-0.3, -0.25) is 9.89 Å². The van der Waals surface area contributed by atoms with Crippen LogP contribution in [0.4, 0.5) is 5.13 Å². The number of hydrogen-bond acceptors (Lipinski definition) is 5. The molecule has 144 valence electrons. The van der Waals surface area contributed by atoms with Gasteiger partial charge in [-0.15, -0.1) is 24.0 Å². The van der Waals surface area contributed by atoms with Gasteiger partial charge in [-0.1, -0.05) is 30.4 Å². The first-order chi connectivity index (χ1) is 12.3. The van der Waals surface area contributed by atoms with E-state index in [1.807, 2.05) is 25.2 Å². The van der Waals surface area contributed by atoms with Crippen LogP contribution in [0.1, 0.15) is 19.8 Å². The van der Waals surface area contributed by atoms with E-state index in [1.54, 1.807) is 11.3 Å². The number of thiazole rings is 1. The summed E-state index contributed by atoms with van der Waals surface area (Å²) in [6.07, 6.45) is 2.58. The predicted molar refractivity (Wildman–Crippen MR) is 123 cm³/mol. The van der Waals surface area contributed by atoms with Crippen molar-refractivity contribution in [2.24, 2.45) is 4.99 Å². The lowest BCUT2D eigenvalue weighted by molar-refractivity contribution is 0.267. The maximum atomic E-state index is 4.58. The minimum Gasteiger partial charge on any atom is -0.360 e. The van der Waals surface area contributed by atoms with Crippen LogP contribution in [0.3, 0.4) is 0 Å². The molecule has 1 aliphatic rings. The highest BCUT2D eigenvalue weighted by Crippen LogP contribution is 2.24. The topological polar surface area (TPSA) is 64.6 Å². The van der Waals surface area contributed by atoms with Gasteiger partial charge in [0.1, 0.15) is 0 Å². The second-order valence-electron chi connectivity index (χ2n) is 6.22. The number of halogens is 1. The van der Waals surface area contributed by atoms with E-state index in [2.05, 4.69) is 43.8 Å². The monoisotopic (exact) mass is 488 g/mol. The molecule has 2 heterocycles. The lowest BCUT2D eigenvalue weighted by Crippen LogP contribution is -2.45. The van der Waals surface area contributed by atoms with Crippen LogP contribution in [0.5, 0.6) is 0 Å². The Bertz CT molecular complexity index is 671. The number of nitrogens with zero attached hydrogens (tertiary/aromatic N) is 3. The fourth-order valence-electron chi connectivity index (χ4n) is 3.28. The standard InChI is InChI=1S/C18H28N6S.HI/c1-3-24-12-6-7-14(24)13-22-17(19-2)20-10-11-21-18-23-15-8-4-5-9-16(15)25-18;/h4-5,8-9,14H,3,6-7,10-13H2,1-2H3,(H,21,23)(H2,19,20,22);1H. The maximum Gasteiger partial charge on any atom is 0.191 e. The molecule has 1 aromatic heterocycles. The number of para-hydroxylation sites is 1. The highest BCUT2D eigenvalue weighted by molar-refractivity contribution is 14.0. The van der Waals surface area contributed by atoms with Gasteiger partial charge < -0.3 is 16.0 Å². The molecule has 1 unspecified atom stereocenters. The fraction of sp³-hybridized carbons (Fsp3) is 0.556. The van der Waals surface area contributed by atoms with E-state index < -0.39 is 0 Å². The molecule has 0 amide bonds. The number of hydrogen-bond donors (Lipinski definition) is 3. The third kappa shape index (κ3) is 5.68. The molecule has 3 N–H and O–H groups in total. The Balaban J connectivity index is 0.00000243. The summed E-state index contributed by atoms with van der Waals surface area (Å²) in [5.74, 6) is 0.869. The molecule has 1 atom stereocenters. The molecule has 0 aliphatic carbocycles. The van der Waals surface area contributed by atoms with Gasteiger partial charge in [0.05, 0.1) is 10.2 Å². The number of aromatic nitrogens is 1. The van der Waals surface area contributed by atoms with Crippen molar-refractivity contribution >= 4 is 56.6 Å². The summed E-state index contributed by atoms with van der Waals surface area (Å²) >= 11 is 1.69. The lowest BCUT2D eigenvalue weighted by atomic mass is 10.2. The second-order valence-corrected chi connectivity index (χ2v) is 7.25. The highest BCUT2D eigenvalue weighted by atomic mass is 127. The van der Waals surface area contributed by atoms with Crippen LogP contribution in [-0.4, -0.2) is 61.7 Å². The predicted octanol–water partition coefficient (Wildman–Crippen LogP) is 2.98. The van der Waals surface area contributed by atoms with Gasteiger partial charge in [-0.2, -0.15) is 0 Å². The second kappa shape index (κ2) is 10.9. The SMILES string of the molecule is CCN1CCCC1CNC(=NC)NCCNc1nc2ccccc2s1.I. The van der Waals surface area contributed by atoms with Gasteiger partial charge >= 0.3 is 0 Å². The van der Waals surface area contributed by atoms with Crippen molar-refractivity contribution in [3.8, 4) is 0 Å². The molecule has 1 saturated heterocycles. The third-order valence-electron chi connectivity index (χ3n) is 4.62. The van der Waals surface area contributed by atoms with E-state index in [4.69, 9.17) is 0 Å². The number of likely N-dealkylation sites (N-methyl/N-ethyl adjacent to an activating group) is 1. The zero-order valence-electron chi connectivity index (χ0n) is 15.5. The molecule has 2 aromatic rings. The Hall–Kier alpha value is -1.13. The van der Waals surface area contributed by atoms with Gasteiger partial charge in [0.25, 0.3) is 0 Å². The Morgan fingerprint density at radius 2 is 2.15 bits per heavy atom. The van der Waals surface area contributed by atoms with Crippen molar-refractivity contribution < 1.29 is 0 Å². The van der Waals surface area contributed by atoms with E-state index in [-0.39, 0.29) is 24.0 Å². The van der Waals surface area contributed by atoms with Crippen LogP contribution in [0.2, 0.25) is 0 Å². The summed E-state index contributed by atoms with van der Waals surface area (Å²) < 4.78 is 1.22. The van der Waals surface area contributed by atoms with Gasteiger partial charge in [0.2, 0.25) is 0 Å². The molecule has 1 fully saturated rings. The zero-order valence-corrected chi connectivity index (χ0v) is 18.6. The molecule has 0 bridgehead atoms. The van der Waals surface area contributed by atoms with Gasteiger partial charge in [0.15, 0.2) is 11.1 Å². The molecular weight excluding hydrogens is 459 g/mol. The molecule has 0 spiro atoms. The normalized spacial score (nSPS) is 17.9. The first-order valence-corrected chi connectivity index (χ1v) is 9.90. The summed E-state index contributed by atoms with van der Waals surface area (Å²) in [4.78, 5) is 11.4. The quantitative estimate of drug-likeness (QED) is 0.242. The molecule has 8 heteroatoms. The Kier molecular flexibility index (Phi) is 8.86. The van der Waals surface area contributed by atoms with Crippen LogP contribution in [0.25, 0.3) is 10.2 Å². The van der Waals surface area contributed by atoms with Crippen LogP contribution < -0.4 is 16.0 Å². The van der Waals surface area contributed by atoms with Crippen molar-refractivity contribution in [1.82, 2.24) is 20.5 Å². The third-order valence-corrected chi connectivity index (χ3v) is 5.62. The molecule has 3 rings (SSSR count). The summed E-state index contributed by atoms with van der Waals surface area (Å²) in [5, 5.41) is 11.2. The highest BCUT2D eigenvalue weighted by Gasteiger charge is 2.22. The minimum atomic E-state index is 0. The largest absolute Gasteiger partial charge is 0.360 e. The first-order valence-electron chi connectivity index (χ1n) is 9.08. The van der Waals surface area contributed by atoms with E-state index in [0.717, 1.165) is 42.8 Å². The average Bonchev–Trinajstić information content (AvgIpc) is 3.26. The van der Waals surface area contributed by atoms with Crippen molar-refractivity contribution in [1.29, 1.82) is 0 Å². The van der Waals surface area contributed by atoms with E-state index in [9.17, 15) is 0 Å². The number of guanidine groups is 1. The van der Waals surface area contributed by atoms with Crippen molar-refractivity contribution in [3.63, 3.8) is 0 Å². The lowest BCUT2D eigenvalue weighted by Gasteiger charge is -2.24. The summed E-state index contributed by atoms with van der Waals surface area (Å²) in [6, 6.07) is 8.84. The van der Waals surface area contributed by atoms with Crippen molar-refractivity contribution in [2.45, 2.75) is 25.8 Å². The first kappa shape index (κ1) is 21.2. The van der Waals surface area contributed by atoms with Gasteiger partial charge in [-0.25, -0.2) is 4.98 Å². The maximum absolute atomic E-state index is 4.58. The van der Waals surface area contributed by atoms with Crippen molar-refractivity contribution in [2.75, 3.05) is 45.1 Å². The number of aliphatic imine (C=N–C) groups is 1. The van der Waals surface area contributed by atoms with E-state index in [1.165, 1.54) is 24.1 Å². The number of likely N-dealkylation sites (tertiary alicyclic amines) is 1. The number of anilines is 1. The molecule has 26 heavy (non-hydrogen) atoms. The average molecular weight is 488 g/mol. The number of fused-ring (bicyclic) bond motifs is 1. The molecule has 0 radical (unpaired) electrons. The van der Waals surface area contributed by atoms with E-state index >= 15 is 0 Å². The minimum absolute atomic E-state index is 0. The molecular formula is C18H29IN6S. The molecule has 1 aliphatic heterocycles. The van der Waals surface area contributed by atoms with Crippen molar-refractivity contribution in [3.05, 3.63) is 24.3 Å². The molecule has 0 saturated carbocycles. The van der Waals surface area contributed by atoms with Crippen LogP contribution in [0.15, 0.2) is 29.3 Å². The van der Waals surface area contributed by atoms with Crippen LogP contribution >= 0.6 is 35.3 Å². The zero-order chi connectivity index (χ0) is 17.5. The van der Waals surface area contributed by atoms with Crippen LogP contribution in [0, 0.1) is 0 Å². The summed E-state index contributed by atoms with van der Waals surface area (Å²) in [6.45, 7) is 7.16. The molecule has 6 nitrogen and oxygen atoms in total. The Morgan fingerprint density at radius 3 is 2.92 bits per heavy atom.